The Labute approximate surface area is 98.4 Å². The van der Waals surface area contributed by atoms with Crippen LogP contribution in [0.1, 0.15) is 6.42 Å². The molecule has 2 rings (SSSR count). The molecule has 0 spiro atoms. The van der Waals surface area contributed by atoms with Gasteiger partial charge in [-0.25, -0.2) is 0 Å². The molecule has 2 N–H and O–H groups in total. The summed E-state index contributed by atoms with van der Waals surface area (Å²) in [7, 11) is 0. The zero-order valence-corrected chi connectivity index (χ0v) is 9.20. The highest BCUT2D eigenvalue weighted by Crippen LogP contribution is 2.17. The molecule has 1 aliphatic heterocycles. The Balaban J connectivity index is 1.90. The summed E-state index contributed by atoms with van der Waals surface area (Å²) < 4.78 is 5.65. The van der Waals surface area contributed by atoms with Crippen LogP contribution >= 0.6 is 0 Å². The number of nitrogens with two attached hydrogens (primary N) is 1. The number of carbonyl (C=O) groups is 2. The van der Waals surface area contributed by atoms with Crippen molar-refractivity contribution in [2.45, 2.75) is 12.5 Å². The molecule has 0 aliphatic carbocycles. The minimum atomic E-state index is -0.922. The molecule has 0 saturated carbocycles. The molecule has 2 amide bonds. The average Bonchev–Trinajstić information content (AvgIpc) is 2.77. The van der Waals surface area contributed by atoms with Gasteiger partial charge < -0.3 is 15.4 Å². The summed E-state index contributed by atoms with van der Waals surface area (Å²) in [5.74, 6) is -0.862. The van der Waals surface area contributed by atoms with Crippen molar-refractivity contribution < 1.29 is 14.3 Å². The standard InChI is InChI=1S/C11H13N3O3/c12-10(15)11(16)14-6-3-9(7-14)17-8-1-4-13-5-2-8/h1-2,4-5,9H,3,6-7H2,(H2,12,15). The number of aromatic nitrogens is 1. The van der Waals surface area contributed by atoms with Gasteiger partial charge in [0.2, 0.25) is 0 Å². The van der Waals surface area contributed by atoms with Crippen molar-refractivity contribution in [2.24, 2.45) is 5.73 Å². The molecule has 17 heavy (non-hydrogen) atoms. The van der Waals surface area contributed by atoms with Crippen molar-refractivity contribution in [1.29, 1.82) is 0 Å². The molecule has 6 heteroatoms. The van der Waals surface area contributed by atoms with Gasteiger partial charge in [-0.3, -0.25) is 14.6 Å². The van der Waals surface area contributed by atoms with Gasteiger partial charge in [-0.2, -0.15) is 0 Å². The maximum absolute atomic E-state index is 11.3. The minimum absolute atomic E-state index is 0.0966. The van der Waals surface area contributed by atoms with E-state index < -0.39 is 11.8 Å². The Bertz CT molecular complexity index is 421. The molecular weight excluding hydrogens is 222 g/mol. The van der Waals surface area contributed by atoms with E-state index in [0.29, 0.717) is 25.3 Å². The third-order valence-corrected chi connectivity index (χ3v) is 2.60. The number of ether oxygens (including phenoxy) is 1. The molecule has 2 heterocycles. The number of primary amides is 1. The molecule has 1 saturated heterocycles. The molecule has 1 atom stereocenters. The third kappa shape index (κ3) is 2.72. The fourth-order valence-electron chi connectivity index (χ4n) is 1.77. The number of carbonyl (C=O) groups excluding carboxylic acids is 2. The van der Waals surface area contributed by atoms with Gasteiger partial charge in [0, 0.05) is 25.4 Å². The molecule has 1 unspecified atom stereocenters. The predicted octanol–water partition coefficient (Wildman–Crippen LogP) is -0.453. The molecule has 0 aromatic carbocycles. The van der Waals surface area contributed by atoms with Crippen LogP contribution in [-0.2, 0) is 9.59 Å². The van der Waals surface area contributed by atoms with E-state index in [9.17, 15) is 9.59 Å². The van der Waals surface area contributed by atoms with Crippen molar-refractivity contribution in [3.8, 4) is 5.75 Å². The zero-order valence-electron chi connectivity index (χ0n) is 9.20. The van der Waals surface area contributed by atoms with Crippen LogP contribution in [0.3, 0.4) is 0 Å². The van der Waals surface area contributed by atoms with E-state index in [1.165, 1.54) is 4.90 Å². The van der Waals surface area contributed by atoms with Crippen LogP contribution in [0.2, 0.25) is 0 Å². The van der Waals surface area contributed by atoms with E-state index in [0.717, 1.165) is 0 Å². The van der Waals surface area contributed by atoms with Gasteiger partial charge >= 0.3 is 11.8 Å². The topological polar surface area (TPSA) is 85.5 Å². The van der Waals surface area contributed by atoms with E-state index in [1.807, 2.05) is 0 Å². The van der Waals surface area contributed by atoms with E-state index in [1.54, 1.807) is 24.5 Å². The van der Waals surface area contributed by atoms with Gasteiger partial charge in [0.1, 0.15) is 11.9 Å². The second kappa shape index (κ2) is 4.82. The maximum atomic E-state index is 11.3. The molecule has 1 aromatic heterocycles. The van der Waals surface area contributed by atoms with Crippen molar-refractivity contribution in [2.75, 3.05) is 13.1 Å². The van der Waals surface area contributed by atoms with Crippen LogP contribution in [0.5, 0.6) is 5.75 Å². The summed E-state index contributed by atoms with van der Waals surface area (Å²) in [6.07, 6.45) is 3.87. The van der Waals surface area contributed by atoms with Gasteiger partial charge in [-0.1, -0.05) is 0 Å². The quantitative estimate of drug-likeness (QED) is 0.703. The lowest BCUT2D eigenvalue weighted by atomic mass is 10.3. The largest absolute Gasteiger partial charge is 0.488 e. The number of nitrogens with zero attached hydrogens (tertiary/aromatic N) is 2. The first-order chi connectivity index (χ1) is 8.16. The summed E-state index contributed by atoms with van der Waals surface area (Å²) in [5, 5.41) is 0. The highest BCUT2D eigenvalue weighted by Gasteiger charge is 2.29. The van der Waals surface area contributed by atoms with Crippen LogP contribution in [-0.4, -0.2) is 40.9 Å². The van der Waals surface area contributed by atoms with Gasteiger partial charge in [0.05, 0.1) is 6.54 Å². The summed E-state index contributed by atoms with van der Waals surface area (Å²) in [5.41, 5.74) is 4.93. The Morgan fingerprint density at radius 2 is 2.12 bits per heavy atom. The Morgan fingerprint density at radius 1 is 1.41 bits per heavy atom. The lowest BCUT2D eigenvalue weighted by Crippen LogP contribution is -2.39. The lowest BCUT2D eigenvalue weighted by Gasteiger charge is -2.15. The first kappa shape index (κ1) is 11.4. The number of rotatable bonds is 2. The molecule has 1 aromatic rings. The molecule has 1 aliphatic rings. The smallest absolute Gasteiger partial charge is 0.311 e. The third-order valence-electron chi connectivity index (χ3n) is 2.60. The summed E-state index contributed by atoms with van der Waals surface area (Å²) >= 11 is 0. The van der Waals surface area contributed by atoms with E-state index in [4.69, 9.17) is 10.5 Å². The maximum Gasteiger partial charge on any atom is 0.311 e. The van der Waals surface area contributed by atoms with Gasteiger partial charge in [0.15, 0.2) is 0 Å². The van der Waals surface area contributed by atoms with Gasteiger partial charge in [-0.15, -0.1) is 0 Å². The minimum Gasteiger partial charge on any atom is -0.488 e. The van der Waals surface area contributed by atoms with E-state index in [-0.39, 0.29) is 6.10 Å². The average molecular weight is 235 g/mol. The Hall–Kier alpha value is -2.11. The Kier molecular flexibility index (Phi) is 3.22. The van der Waals surface area contributed by atoms with Crippen LogP contribution in [0.15, 0.2) is 24.5 Å². The molecule has 0 radical (unpaired) electrons. The van der Waals surface area contributed by atoms with E-state index >= 15 is 0 Å². The number of amides is 2. The SMILES string of the molecule is NC(=O)C(=O)N1CCC(Oc2ccncc2)C1. The number of hydrogen-bond donors (Lipinski definition) is 1. The van der Waals surface area contributed by atoms with Crippen LogP contribution in [0.25, 0.3) is 0 Å². The zero-order chi connectivity index (χ0) is 12.3. The highest BCUT2D eigenvalue weighted by molar-refractivity contribution is 6.34. The predicted molar refractivity (Wildman–Crippen MR) is 59.0 cm³/mol. The Morgan fingerprint density at radius 3 is 2.76 bits per heavy atom. The van der Waals surface area contributed by atoms with Crippen LogP contribution < -0.4 is 10.5 Å². The fourth-order valence-corrected chi connectivity index (χ4v) is 1.77. The molecule has 0 bridgehead atoms. The van der Waals surface area contributed by atoms with Crippen LogP contribution in [0, 0.1) is 0 Å². The summed E-state index contributed by atoms with van der Waals surface area (Å²) in [4.78, 5) is 27.4. The molecule has 6 nitrogen and oxygen atoms in total. The second-order valence-corrected chi connectivity index (χ2v) is 3.83. The first-order valence-corrected chi connectivity index (χ1v) is 5.32. The monoisotopic (exact) mass is 235 g/mol. The van der Waals surface area contributed by atoms with Crippen molar-refractivity contribution in [1.82, 2.24) is 9.88 Å². The number of pyridine rings is 1. The molecular formula is C11H13N3O3. The van der Waals surface area contributed by atoms with E-state index in [2.05, 4.69) is 4.98 Å². The normalized spacial score (nSPS) is 19.1. The van der Waals surface area contributed by atoms with Crippen molar-refractivity contribution in [3.63, 3.8) is 0 Å². The summed E-state index contributed by atoms with van der Waals surface area (Å²) in [6, 6.07) is 3.50. The first-order valence-electron chi connectivity index (χ1n) is 5.32. The highest BCUT2D eigenvalue weighted by atomic mass is 16.5. The summed E-state index contributed by atoms with van der Waals surface area (Å²) in [6.45, 7) is 0.890. The van der Waals surface area contributed by atoms with Crippen LogP contribution in [0.4, 0.5) is 0 Å². The van der Waals surface area contributed by atoms with Gasteiger partial charge in [-0.05, 0) is 12.1 Å². The number of hydrogen-bond acceptors (Lipinski definition) is 4. The number of likely N-dealkylation sites (tertiary alicyclic amines) is 1. The second-order valence-electron chi connectivity index (χ2n) is 3.83. The fraction of sp³-hybridized carbons (Fsp3) is 0.364. The lowest BCUT2D eigenvalue weighted by molar-refractivity contribution is -0.143. The van der Waals surface area contributed by atoms with Gasteiger partial charge in [0.25, 0.3) is 0 Å². The van der Waals surface area contributed by atoms with Crippen molar-refractivity contribution in [3.05, 3.63) is 24.5 Å². The molecule has 90 valence electrons. The van der Waals surface area contributed by atoms with Crippen molar-refractivity contribution >= 4 is 11.8 Å². The molecule has 1 fully saturated rings.